The first-order valence-corrected chi connectivity index (χ1v) is 8.67. The van der Waals surface area contributed by atoms with Crippen LogP contribution < -0.4 is 10.5 Å². The van der Waals surface area contributed by atoms with Crippen LogP contribution in [0.2, 0.25) is 0 Å². The van der Waals surface area contributed by atoms with Crippen molar-refractivity contribution in [2.75, 3.05) is 5.32 Å². The van der Waals surface area contributed by atoms with Crippen LogP contribution in [-0.4, -0.2) is 25.4 Å². The number of carbonyl (C=O) groups excluding carboxylic acids is 1. The lowest BCUT2D eigenvalue weighted by molar-refractivity contribution is -0.146. The number of benzene rings is 1. The maximum absolute atomic E-state index is 12.5. The molecule has 1 aromatic carbocycles. The van der Waals surface area contributed by atoms with Crippen LogP contribution >= 0.6 is 0 Å². The minimum Gasteiger partial charge on any atom is -0.481 e. The number of primary sulfonamides is 1. The zero-order chi connectivity index (χ0) is 16.8. The van der Waals surface area contributed by atoms with Gasteiger partial charge in [-0.15, -0.1) is 0 Å². The van der Waals surface area contributed by atoms with Gasteiger partial charge in [0.15, 0.2) is 0 Å². The molecule has 1 fully saturated rings. The van der Waals surface area contributed by atoms with E-state index in [-0.39, 0.29) is 22.6 Å². The number of carbonyl (C=O) groups is 2. The molecule has 122 valence electrons. The minimum atomic E-state index is -3.79. The highest BCUT2D eigenvalue weighted by molar-refractivity contribution is 7.89. The summed E-state index contributed by atoms with van der Waals surface area (Å²) in [6.45, 7) is 0. The molecule has 1 aromatic rings. The predicted molar refractivity (Wildman–Crippen MR) is 81.8 cm³/mol. The summed E-state index contributed by atoms with van der Waals surface area (Å²) < 4.78 is 22.4. The predicted octanol–water partition coefficient (Wildman–Crippen LogP) is 0.795. The van der Waals surface area contributed by atoms with Gasteiger partial charge in [0.1, 0.15) is 0 Å². The van der Waals surface area contributed by atoms with E-state index in [0.29, 0.717) is 12.1 Å². The summed E-state index contributed by atoms with van der Waals surface area (Å²) in [5.74, 6) is -2.82. The van der Waals surface area contributed by atoms with E-state index in [9.17, 15) is 23.1 Å². The summed E-state index contributed by atoms with van der Waals surface area (Å²) in [6, 6.07) is 5.44. The molecule has 0 saturated heterocycles. The molecule has 0 radical (unpaired) electrons. The fourth-order valence-corrected chi connectivity index (χ4v) is 3.99. The van der Waals surface area contributed by atoms with Gasteiger partial charge >= 0.3 is 5.97 Å². The van der Waals surface area contributed by atoms with Crippen LogP contribution in [0.3, 0.4) is 0 Å². The van der Waals surface area contributed by atoms with Gasteiger partial charge in [-0.05, 0) is 42.5 Å². The lowest BCUT2D eigenvalue weighted by Crippen LogP contribution is -2.36. The van der Waals surface area contributed by atoms with E-state index in [1.807, 2.05) is 12.2 Å². The monoisotopic (exact) mass is 336 g/mol. The molecule has 23 heavy (non-hydrogen) atoms. The largest absolute Gasteiger partial charge is 0.481 e. The van der Waals surface area contributed by atoms with Crippen LogP contribution in [0.4, 0.5) is 5.69 Å². The summed E-state index contributed by atoms with van der Waals surface area (Å²) in [6.07, 6.45) is 4.45. The highest BCUT2D eigenvalue weighted by Crippen LogP contribution is 2.48. The number of nitrogens with two attached hydrogens (primary N) is 1. The lowest BCUT2D eigenvalue weighted by atomic mass is 9.82. The summed E-state index contributed by atoms with van der Waals surface area (Å²) in [4.78, 5) is 23.8. The van der Waals surface area contributed by atoms with Crippen molar-refractivity contribution in [3.63, 3.8) is 0 Å². The fourth-order valence-electron chi connectivity index (χ4n) is 3.47. The van der Waals surface area contributed by atoms with Crippen molar-refractivity contribution in [3.05, 3.63) is 36.4 Å². The summed E-state index contributed by atoms with van der Waals surface area (Å²) >= 11 is 0. The molecule has 2 aliphatic rings. The third kappa shape index (κ3) is 2.87. The zero-order valence-electron chi connectivity index (χ0n) is 12.0. The number of rotatable bonds is 4. The van der Waals surface area contributed by atoms with Crippen molar-refractivity contribution in [1.82, 2.24) is 0 Å². The van der Waals surface area contributed by atoms with Crippen LogP contribution in [0.15, 0.2) is 41.3 Å². The normalized spacial score (nSPS) is 28.7. The van der Waals surface area contributed by atoms with Gasteiger partial charge in [-0.1, -0.05) is 12.2 Å². The lowest BCUT2D eigenvalue weighted by Gasteiger charge is -2.23. The fraction of sp³-hybridized carbons (Fsp3) is 0.333. The average Bonchev–Trinajstić information content (AvgIpc) is 3.07. The van der Waals surface area contributed by atoms with Crippen LogP contribution in [-0.2, 0) is 19.6 Å². The highest BCUT2D eigenvalue weighted by Gasteiger charge is 2.51. The number of amides is 1. The van der Waals surface area contributed by atoms with E-state index >= 15 is 0 Å². The zero-order valence-corrected chi connectivity index (χ0v) is 12.9. The Bertz CT molecular complexity index is 785. The van der Waals surface area contributed by atoms with Crippen LogP contribution in [0, 0.1) is 23.7 Å². The second kappa shape index (κ2) is 5.47. The molecule has 0 aromatic heterocycles. The van der Waals surface area contributed by atoms with Crippen molar-refractivity contribution in [1.29, 1.82) is 0 Å². The Morgan fingerprint density at radius 1 is 1.09 bits per heavy atom. The number of aliphatic carboxylic acids is 1. The quantitative estimate of drug-likeness (QED) is 0.701. The van der Waals surface area contributed by atoms with E-state index in [0.717, 1.165) is 0 Å². The molecule has 3 rings (SSSR count). The van der Waals surface area contributed by atoms with Gasteiger partial charge in [-0.2, -0.15) is 0 Å². The maximum Gasteiger partial charge on any atom is 0.307 e. The standard InChI is InChI=1S/C15H16N2O5S/c16-23(21,22)11-5-3-10(4-6-11)17-14(18)12-8-1-2-9(7-8)13(12)15(19)20/h1-6,8-9,12-13H,7H2,(H,17,18)(H,19,20)(H2,16,21,22)/t8-,9-,12-,13+/m0/s1. The Balaban J connectivity index is 1.77. The van der Waals surface area contributed by atoms with E-state index in [1.165, 1.54) is 24.3 Å². The van der Waals surface area contributed by atoms with Gasteiger partial charge in [-0.3, -0.25) is 9.59 Å². The SMILES string of the molecule is NS(=O)(=O)c1ccc(NC(=O)[C@@H]2[C@H](C(=O)O)[C@H]3C=C[C@H]2C3)cc1. The van der Waals surface area contributed by atoms with E-state index in [2.05, 4.69) is 5.32 Å². The number of fused-ring (bicyclic) bond motifs is 2. The van der Waals surface area contributed by atoms with E-state index < -0.39 is 27.8 Å². The molecule has 2 aliphatic carbocycles. The van der Waals surface area contributed by atoms with Crippen LogP contribution in [0.5, 0.6) is 0 Å². The average molecular weight is 336 g/mol. The maximum atomic E-state index is 12.5. The number of anilines is 1. The number of hydrogen-bond acceptors (Lipinski definition) is 4. The summed E-state index contributed by atoms with van der Waals surface area (Å²) in [7, 11) is -3.79. The molecule has 4 atom stereocenters. The molecule has 8 heteroatoms. The Kier molecular flexibility index (Phi) is 3.73. The summed E-state index contributed by atoms with van der Waals surface area (Å²) in [5.41, 5.74) is 0.401. The van der Waals surface area contributed by atoms with Crippen molar-refractivity contribution in [2.45, 2.75) is 11.3 Å². The highest BCUT2D eigenvalue weighted by atomic mass is 32.2. The van der Waals surface area contributed by atoms with Crippen molar-refractivity contribution in [3.8, 4) is 0 Å². The van der Waals surface area contributed by atoms with Gasteiger partial charge in [-0.25, -0.2) is 13.6 Å². The van der Waals surface area contributed by atoms with Gasteiger partial charge < -0.3 is 10.4 Å². The molecule has 1 amide bonds. The van der Waals surface area contributed by atoms with Crippen LogP contribution in [0.25, 0.3) is 0 Å². The van der Waals surface area contributed by atoms with E-state index in [4.69, 9.17) is 5.14 Å². The molecule has 0 heterocycles. The Morgan fingerprint density at radius 2 is 1.65 bits per heavy atom. The van der Waals surface area contributed by atoms with Crippen molar-refractivity contribution < 1.29 is 23.1 Å². The molecule has 0 aliphatic heterocycles. The molecule has 4 N–H and O–H groups in total. The molecule has 7 nitrogen and oxygen atoms in total. The second-order valence-electron chi connectivity index (χ2n) is 5.90. The Labute approximate surface area is 133 Å². The number of allylic oxidation sites excluding steroid dienone is 2. The molecule has 1 saturated carbocycles. The topological polar surface area (TPSA) is 127 Å². The molecule has 2 bridgehead atoms. The molecule has 0 spiro atoms. The minimum absolute atomic E-state index is 0.0539. The molecular formula is C15H16N2O5S. The molecule has 0 unspecified atom stereocenters. The van der Waals surface area contributed by atoms with Crippen molar-refractivity contribution >= 4 is 27.6 Å². The first-order valence-electron chi connectivity index (χ1n) is 7.12. The smallest absolute Gasteiger partial charge is 0.307 e. The van der Waals surface area contributed by atoms with Gasteiger partial charge in [0.05, 0.1) is 16.7 Å². The third-order valence-electron chi connectivity index (χ3n) is 4.50. The third-order valence-corrected chi connectivity index (χ3v) is 5.43. The number of carboxylic acid groups (broad SMARTS) is 1. The molecular weight excluding hydrogens is 320 g/mol. The van der Waals surface area contributed by atoms with Crippen molar-refractivity contribution in [2.24, 2.45) is 28.8 Å². The first kappa shape index (κ1) is 15.7. The van der Waals surface area contributed by atoms with Crippen LogP contribution in [0.1, 0.15) is 6.42 Å². The summed E-state index contributed by atoms with van der Waals surface area (Å²) in [5, 5.41) is 17.0. The Morgan fingerprint density at radius 3 is 2.17 bits per heavy atom. The number of carboxylic acids is 1. The number of nitrogens with one attached hydrogen (secondary N) is 1. The second-order valence-corrected chi connectivity index (χ2v) is 7.46. The number of sulfonamides is 1. The van der Waals surface area contributed by atoms with Gasteiger partial charge in [0.25, 0.3) is 0 Å². The van der Waals surface area contributed by atoms with E-state index in [1.54, 1.807) is 0 Å². The van der Waals surface area contributed by atoms with Gasteiger partial charge in [0, 0.05) is 5.69 Å². The number of hydrogen-bond donors (Lipinski definition) is 3. The first-order chi connectivity index (χ1) is 10.8. The Hall–Kier alpha value is -2.19. The van der Waals surface area contributed by atoms with Gasteiger partial charge in [0.2, 0.25) is 15.9 Å².